The van der Waals surface area contributed by atoms with E-state index in [1.54, 1.807) is 19.1 Å². The minimum Gasteiger partial charge on any atom is -0.388 e. The number of benzene rings is 2. The van der Waals surface area contributed by atoms with E-state index in [1.165, 1.54) is 0 Å². The Hall–Kier alpha value is -2.76. The van der Waals surface area contributed by atoms with Crippen LogP contribution in [0, 0.1) is 0 Å². The predicted molar refractivity (Wildman–Crippen MR) is 98.8 cm³/mol. The van der Waals surface area contributed by atoms with Crippen LogP contribution in [0.1, 0.15) is 28.4 Å². The average molecular weight is 338 g/mol. The Morgan fingerprint density at radius 1 is 1.04 bits per heavy atom. The molecule has 5 nitrogen and oxygen atoms in total. The minimum atomic E-state index is -0.907. The van der Waals surface area contributed by atoms with E-state index in [0.29, 0.717) is 5.56 Å². The quantitative estimate of drug-likeness (QED) is 0.672. The zero-order valence-corrected chi connectivity index (χ0v) is 14.1. The van der Waals surface area contributed by atoms with E-state index in [9.17, 15) is 9.59 Å². The van der Waals surface area contributed by atoms with Gasteiger partial charge in [0.15, 0.2) is 5.78 Å². The number of rotatable bonds is 7. The summed E-state index contributed by atoms with van der Waals surface area (Å²) >= 11 is 0. The molecule has 0 unspecified atom stereocenters. The summed E-state index contributed by atoms with van der Waals surface area (Å²) in [7, 11) is 0. The Morgan fingerprint density at radius 3 is 2.12 bits per heavy atom. The number of aliphatic hydroxyl groups excluding tert-OH is 1. The van der Waals surface area contributed by atoms with Gasteiger partial charge in [-0.3, -0.25) is 9.59 Å². The fraction of sp³-hybridized carbons (Fsp3) is 0.200. The lowest BCUT2D eigenvalue weighted by Crippen LogP contribution is -2.52. The maximum Gasteiger partial charge on any atom is 0.251 e. The van der Waals surface area contributed by atoms with Gasteiger partial charge in [0, 0.05) is 11.6 Å². The van der Waals surface area contributed by atoms with Crippen LogP contribution in [0.2, 0.25) is 0 Å². The first-order chi connectivity index (χ1) is 12.0. The summed E-state index contributed by atoms with van der Waals surface area (Å²) in [6, 6.07) is 15.4. The molecule has 2 aromatic carbocycles. The van der Waals surface area contributed by atoms with Crippen molar-refractivity contribution in [1.82, 2.24) is 5.32 Å². The summed E-state index contributed by atoms with van der Waals surface area (Å²) in [5, 5.41) is 11.5. The van der Waals surface area contributed by atoms with E-state index in [-0.39, 0.29) is 0 Å². The first-order valence-electron chi connectivity index (χ1n) is 8.04. The van der Waals surface area contributed by atoms with Gasteiger partial charge in [-0.25, -0.2) is 0 Å². The number of amides is 1. The van der Waals surface area contributed by atoms with Crippen molar-refractivity contribution in [1.29, 1.82) is 0 Å². The van der Waals surface area contributed by atoms with Crippen LogP contribution in [0.25, 0.3) is 12.2 Å². The highest BCUT2D eigenvalue weighted by Gasteiger charge is 2.24. The molecule has 0 aliphatic heterocycles. The molecule has 1 amide bonds. The fourth-order valence-corrected chi connectivity index (χ4v) is 2.33. The monoisotopic (exact) mass is 338 g/mol. The number of carbonyl (C=O) groups is 2. The molecule has 2 aromatic rings. The zero-order valence-electron chi connectivity index (χ0n) is 14.1. The van der Waals surface area contributed by atoms with E-state index >= 15 is 0 Å². The molecule has 0 heterocycles. The lowest BCUT2D eigenvalue weighted by atomic mass is 10.0. The number of hydrogen-bond donors (Lipinski definition) is 3. The normalized spacial score (nSPS) is 13.4. The summed E-state index contributed by atoms with van der Waals surface area (Å²) in [6.07, 6.45) is 3.94. The molecule has 0 aliphatic rings. The van der Waals surface area contributed by atoms with Crippen molar-refractivity contribution in [3.63, 3.8) is 0 Å². The lowest BCUT2D eigenvalue weighted by molar-refractivity contribution is -0.123. The standard InChI is InChI=1S/C20H22N2O3/c1-14(21)19(18(24)13-23)22-20(25)17-11-9-16(10-12-17)8-7-15-5-3-2-4-6-15/h2-12,14,19,23H,13,21H2,1H3,(H,22,25)/t14-,19+/m1/s1. The Kier molecular flexibility index (Phi) is 6.62. The molecule has 0 bridgehead atoms. The highest BCUT2D eigenvalue weighted by molar-refractivity contribution is 5.98. The van der Waals surface area contributed by atoms with E-state index in [0.717, 1.165) is 11.1 Å². The Balaban J connectivity index is 2.04. The zero-order chi connectivity index (χ0) is 18.2. The summed E-state index contributed by atoms with van der Waals surface area (Å²) in [5.41, 5.74) is 8.17. The van der Waals surface area contributed by atoms with E-state index in [1.807, 2.05) is 54.6 Å². The van der Waals surface area contributed by atoms with Gasteiger partial charge in [0.25, 0.3) is 5.91 Å². The average Bonchev–Trinajstić information content (AvgIpc) is 2.64. The smallest absolute Gasteiger partial charge is 0.251 e. The van der Waals surface area contributed by atoms with E-state index in [4.69, 9.17) is 10.8 Å². The molecular formula is C20H22N2O3. The molecule has 0 aliphatic carbocycles. The van der Waals surface area contributed by atoms with Crippen molar-refractivity contribution in [3.05, 3.63) is 71.3 Å². The van der Waals surface area contributed by atoms with Gasteiger partial charge in [-0.05, 0) is 30.2 Å². The number of Topliss-reactive ketones (excluding diaryl/α,β-unsaturated/α-hetero) is 1. The number of aliphatic hydroxyl groups is 1. The van der Waals surface area contributed by atoms with Crippen LogP contribution >= 0.6 is 0 Å². The van der Waals surface area contributed by atoms with Crippen LogP contribution in [-0.2, 0) is 4.79 Å². The third-order valence-electron chi connectivity index (χ3n) is 3.76. The second-order valence-electron chi connectivity index (χ2n) is 5.80. The molecule has 0 spiro atoms. The van der Waals surface area contributed by atoms with Crippen molar-refractivity contribution < 1.29 is 14.7 Å². The van der Waals surface area contributed by atoms with Crippen molar-refractivity contribution in [2.24, 2.45) is 5.73 Å². The third-order valence-corrected chi connectivity index (χ3v) is 3.76. The Morgan fingerprint density at radius 2 is 1.60 bits per heavy atom. The molecule has 25 heavy (non-hydrogen) atoms. The number of ketones is 1. The van der Waals surface area contributed by atoms with Crippen LogP contribution in [0.15, 0.2) is 54.6 Å². The van der Waals surface area contributed by atoms with Crippen LogP contribution in [0.3, 0.4) is 0 Å². The van der Waals surface area contributed by atoms with Crippen molar-refractivity contribution in [3.8, 4) is 0 Å². The molecule has 0 aromatic heterocycles. The first-order valence-corrected chi connectivity index (χ1v) is 8.04. The Labute approximate surface area is 147 Å². The topological polar surface area (TPSA) is 92.4 Å². The number of carbonyl (C=O) groups excluding carboxylic acids is 2. The van der Waals surface area contributed by atoms with Crippen molar-refractivity contribution in [2.45, 2.75) is 19.0 Å². The second kappa shape index (κ2) is 8.92. The highest BCUT2D eigenvalue weighted by Crippen LogP contribution is 2.10. The summed E-state index contributed by atoms with van der Waals surface area (Å²) in [6.45, 7) is 0.950. The van der Waals surface area contributed by atoms with Gasteiger partial charge in [-0.1, -0.05) is 54.6 Å². The SMILES string of the molecule is C[C@@H](N)[C@H](NC(=O)c1ccc(C=Cc2ccccc2)cc1)C(=O)CO. The molecule has 2 atom stereocenters. The number of nitrogens with one attached hydrogen (secondary N) is 1. The van der Waals surface area contributed by atoms with Crippen molar-refractivity contribution >= 4 is 23.8 Å². The molecule has 0 saturated carbocycles. The van der Waals surface area contributed by atoms with Gasteiger partial charge in [0.1, 0.15) is 12.6 Å². The first kappa shape index (κ1) is 18.6. The summed E-state index contributed by atoms with van der Waals surface area (Å²) in [5.74, 6) is -0.909. The van der Waals surface area contributed by atoms with Gasteiger partial charge >= 0.3 is 0 Å². The van der Waals surface area contributed by atoms with Gasteiger partial charge in [-0.15, -0.1) is 0 Å². The molecule has 5 heteroatoms. The molecular weight excluding hydrogens is 316 g/mol. The van der Waals surface area contributed by atoms with Crippen molar-refractivity contribution in [2.75, 3.05) is 6.61 Å². The van der Waals surface area contributed by atoms with Crippen LogP contribution in [-0.4, -0.2) is 35.5 Å². The number of nitrogens with two attached hydrogens (primary N) is 1. The second-order valence-corrected chi connectivity index (χ2v) is 5.80. The molecule has 0 saturated heterocycles. The maximum atomic E-state index is 12.3. The van der Waals surface area contributed by atoms with Gasteiger partial charge < -0.3 is 16.2 Å². The maximum absolute atomic E-state index is 12.3. The van der Waals surface area contributed by atoms with Gasteiger partial charge in [-0.2, -0.15) is 0 Å². The highest BCUT2D eigenvalue weighted by atomic mass is 16.3. The molecule has 130 valence electrons. The van der Waals surface area contributed by atoms with Crippen LogP contribution in [0.4, 0.5) is 0 Å². The van der Waals surface area contributed by atoms with Gasteiger partial charge in [0.05, 0.1) is 0 Å². The summed E-state index contributed by atoms with van der Waals surface area (Å²) < 4.78 is 0. The molecule has 2 rings (SSSR count). The molecule has 0 radical (unpaired) electrons. The van der Waals surface area contributed by atoms with E-state index in [2.05, 4.69) is 5.32 Å². The largest absolute Gasteiger partial charge is 0.388 e. The van der Waals surface area contributed by atoms with Crippen LogP contribution < -0.4 is 11.1 Å². The van der Waals surface area contributed by atoms with Gasteiger partial charge in [0.2, 0.25) is 0 Å². The predicted octanol–water partition coefficient (Wildman–Crippen LogP) is 1.86. The van der Waals surface area contributed by atoms with E-state index < -0.39 is 30.4 Å². The minimum absolute atomic E-state index is 0.400. The van der Waals surface area contributed by atoms with Crippen LogP contribution in [0.5, 0.6) is 0 Å². The Bertz CT molecular complexity index is 737. The fourth-order valence-electron chi connectivity index (χ4n) is 2.33. The summed E-state index contributed by atoms with van der Waals surface area (Å²) in [4.78, 5) is 23.9. The lowest BCUT2D eigenvalue weighted by Gasteiger charge is -2.20. The third kappa shape index (κ3) is 5.38. The molecule has 0 fully saturated rings. The number of hydrogen-bond acceptors (Lipinski definition) is 4. The molecule has 4 N–H and O–H groups in total.